The van der Waals surface area contributed by atoms with Crippen molar-refractivity contribution in [3.63, 3.8) is 0 Å². The number of carbonyl (C=O) groups is 1. The third-order valence-corrected chi connectivity index (χ3v) is 6.92. The lowest BCUT2D eigenvalue weighted by molar-refractivity contribution is 0.0363. The molecule has 1 heterocycles. The lowest BCUT2D eigenvalue weighted by Gasteiger charge is -2.28. The molecule has 3 aromatic rings. The molecule has 0 radical (unpaired) electrons. The van der Waals surface area contributed by atoms with E-state index in [4.69, 9.17) is 5.73 Å². The van der Waals surface area contributed by atoms with Crippen LogP contribution in [0.4, 0.5) is 19.0 Å². The Kier molecular flexibility index (Phi) is 12.0. The minimum Gasteiger partial charge on any atom is -0.390 e. The predicted molar refractivity (Wildman–Crippen MR) is 152 cm³/mol. The van der Waals surface area contributed by atoms with E-state index in [0.717, 1.165) is 6.07 Å². The molecule has 0 aliphatic heterocycles. The van der Waals surface area contributed by atoms with Crippen molar-refractivity contribution in [2.24, 2.45) is 0 Å². The summed E-state index contributed by atoms with van der Waals surface area (Å²) in [5.74, 6) is -2.12. The van der Waals surface area contributed by atoms with Gasteiger partial charge in [-0.3, -0.25) is 4.79 Å². The van der Waals surface area contributed by atoms with Gasteiger partial charge in [-0.15, -0.1) is 24.8 Å². The molecule has 4 atom stereocenters. The van der Waals surface area contributed by atoms with Gasteiger partial charge in [-0.1, -0.05) is 22.0 Å². The van der Waals surface area contributed by atoms with Crippen LogP contribution >= 0.6 is 40.7 Å². The van der Waals surface area contributed by atoms with Crippen LogP contribution in [0, 0.1) is 11.6 Å². The molecule has 1 saturated carbocycles. The Morgan fingerprint density at radius 1 is 1.21 bits per heavy atom. The van der Waals surface area contributed by atoms with Crippen molar-refractivity contribution in [1.82, 2.24) is 20.6 Å². The van der Waals surface area contributed by atoms with Gasteiger partial charge < -0.3 is 21.5 Å². The topological polar surface area (TPSA) is 113 Å². The van der Waals surface area contributed by atoms with Crippen molar-refractivity contribution in [2.45, 2.75) is 43.5 Å². The number of nitrogens with one attached hydrogen (secondary N) is 2. The lowest BCUT2D eigenvalue weighted by Crippen LogP contribution is -2.35. The standard InChI is InChI=1S/C26H27BrF3N5O2.2ClH/c1-32-11-21(15-6-16(27)10-17(28)7-15)35-26(37)18-4-2-14(9-19(18)29)24-25(31)33-12-22(34-24)13-3-5-23(36)20(30)8-13;;/h2,4,6-7,9-10,12-13,20-21,23,32,36H,3,5,8,11H2,1H3,(H2,31,33)(H,35,37);2*1H/t13-,20-,21+,23-;;/m0../s1. The highest BCUT2D eigenvalue weighted by atomic mass is 79.9. The first-order chi connectivity index (χ1) is 17.7. The number of amides is 1. The van der Waals surface area contributed by atoms with Crippen molar-refractivity contribution in [3.05, 3.63) is 75.5 Å². The molecule has 0 unspecified atom stereocenters. The van der Waals surface area contributed by atoms with Crippen LogP contribution in [0.3, 0.4) is 0 Å². The first kappa shape index (κ1) is 32.8. The van der Waals surface area contributed by atoms with E-state index in [1.165, 1.54) is 30.5 Å². The van der Waals surface area contributed by atoms with Gasteiger partial charge in [0.1, 0.15) is 29.3 Å². The largest absolute Gasteiger partial charge is 0.390 e. The van der Waals surface area contributed by atoms with Crippen LogP contribution in [-0.4, -0.2) is 46.8 Å². The van der Waals surface area contributed by atoms with E-state index in [1.807, 2.05) is 0 Å². The normalized spacial score (nSPS) is 19.4. The number of hydrogen-bond acceptors (Lipinski definition) is 6. The number of carbonyl (C=O) groups excluding carboxylic acids is 1. The van der Waals surface area contributed by atoms with Crippen LogP contribution in [0.15, 0.2) is 47.1 Å². The average Bonchev–Trinajstić information content (AvgIpc) is 2.85. The molecule has 2 aromatic carbocycles. The van der Waals surface area contributed by atoms with Crippen LogP contribution in [0.5, 0.6) is 0 Å². The number of likely N-dealkylation sites (N-methyl/N-ethyl adjacent to an activating group) is 1. The van der Waals surface area contributed by atoms with E-state index in [2.05, 4.69) is 36.5 Å². The SMILES string of the molecule is CNC[C@@H](NC(=O)c1ccc(-c2nc([C@H]3CC[C@H](O)[C@@H](F)C3)cnc2N)cc1F)c1cc(F)cc(Br)c1.Cl.Cl. The molecule has 1 amide bonds. The monoisotopic (exact) mass is 649 g/mol. The third-order valence-electron chi connectivity index (χ3n) is 6.46. The number of aliphatic hydroxyl groups excluding tert-OH is 1. The van der Waals surface area contributed by atoms with Crippen molar-refractivity contribution >= 4 is 52.5 Å². The molecule has 1 aromatic heterocycles. The van der Waals surface area contributed by atoms with Crippen LogP contribution in [0.1, 0.15) is 52.8 Å². The number of benzene rings is 2. The summed E-state index contributed by atoms with van der Waals surface area (Å²) >= 11 is 3.24. The van der Waals surface area contributed by atoms with Crippen molar-refractivity contribution in [1.29, 1.82) is 0 Å². The van der Waals surface area contributed by atoms with E-state index >= 15 is 4.39 Å². The van der Waals surface area contributed by atoms with Gasteiger partial charge in [-0.2, -0.15) is 0 Å². The summed E-state index contributed by atoms with van der Waals surface area (Å²) in [6.07, 6.45) is 0.105. The van der Waals surface area contributed by atoms with E-state index in [0.29, 0.717) is 34.1 Å². The molecule has 1 aliphatic carbocycles. The molecule has 1 aliphatic rings. The Morgan fingerprint density at radius 2 is 1.95 bits per heavy atom. The molecular formula is C26H29BrCl2F3N5O2. The van der Waals surface area contributed by atoms with Gasteiger partial charge in [0.15, 0.2) is 0 Å². The van der Waals surface area contributed by atoms with Gasteiger partial charge >= 0.3 is 0 Å². The maximum Gasteiger partial charge on any atom is 0.254 e. The summed E-state index contributed by atoms with van der Waals surface area (Å²) in [5, 5.41) is 15.3. The molecule has 4 rings (SSSR count). The minimum atomic E-state index is -1.35. The fourth-order valence-corrected chi connectivity index (χ4v) is 4.99. The summed E-state index contributed by atoms with van der Waals surface area (Å²) < 4.78 is 43.6. The second-order valence-electron chi connectivity index (χ2n) is 9.10. The van der Waals surface area contributed by atoms with Crippen LogP contribution < -0.4 is 16.4 Å². The number of aromatic nitrogens is 2. The lowest BCUT2D eigenvalue weighted by atomic mass is 9.84. The van der Waals surface area contributed by atoms with E-state index in [-0.39, 0.29) is 60.8 Å². The number of nitrogen functional groups attached to an aromatic ring is 1. The number of anilines is 1. The zero-order valence-corrected chi connectivity index (χ0v) is 24.1. The van der Waals surface area contributed by atoms with Crippen LogP contribution in [0.2, 0.25) is 0 Å². The van der Waals surface area contributed by atoms with Crippen LogP contribution in [0.25, 0.3) is 11.3 Å². The van der Waals surface area contributed by atoms with Gasteiger partial charge in [0.2, 0.25) is 0 Å². The first-order valence-corrected chi connectivity index (χ1v) is 12.6. The smallest absolute Gasteiger partial charge is 0.254 e. The Hall–Kier alpha value is -2.44. The average molecular weight is 651 g/mol. The minimum absolute atomic E-state index is 0. The quantitative estimate of drug-likeness (QED) is 0.277. The Labute approximate surface area is 245 Å². The Morgan fingerprint density at radius 3 is 2.59 bits per heavy atom. The predicted octanol–water partition coefficient (Wildman–Crippen LogP) is 5.27. The Bertz CT molecular complexity index is 1290. The molecule has 0 bridgehead atoms. The van der Waals surface area contributed by atoms with E-state index in [9.17, 15) is 18.7 Å². The highest BCUT2D eigenvalue weighted by Gasteiger charge is 2.31. The number of nitrogens with zero attached hydrogens (tertiary/aromatic N) is 2. The molecule has 39 heavy (non-hydrogen) atoms. The number of hydrogen-bond donors (Lipinski definition) is 4. The first-order valence-electron chi connectivity index (χ1n) is 11.8. The van der Waals surface area contributed by atoms with E-state index < -0.39 is 35.9 Å². The third kappa shape index (κ3) is 7.82. The fraction of sp³-hybridized carbons (Fsp3) is 0.346. The molecule has 7 nitrogen and oxygen atoms in total. The molecule has 0 spiro atoms. The molecule has 212 valence electrons. The fourth-order valence-electron chi connectivity index (χ4n) is 4.50. The summed E-state index contributed by atoms with van der Waals surface area (Å²) in [6, 6.07) is 7.65. The van der Waals surface area contributed by atoms with Gasteiger partial charge in [-0.25, -0.2) is 23.1 Å². The highest BCUT2D eigenvalue weighted by Crippen LogP contribution is 2.35. The summed E-state index contributed by atoms with van der Waals surface area (Å²) in [7, 11) is 1.69. The van der Waals surface area contributed by atoms with Crippen LogP contribution in [-0.2, 0) is 0 Å². The number of nitrogens with two attached hydrogens (primary N) is 1. The van der Waals surface area contributed by atoms with Gasteiger partial charge in [-0.05, 0) is 62.2 Å². The number of halogens is 6. The van der Waals surface area contributed by atoms with Crippen molar-refractivity contribution in [3.8, 4) is 11.3 Å². The zero-order chi connectivity index (χ0) is 26.7. The maximum atomic E-state index is 15.1. The van der Waals surface area contributed by atoms with Gasteiger partial charge in [0.25, 0.3) is 5.91 Å². The molecule has 5 N–H and O–H groups in total. The van der Waals surface area contributed by atoms with E-state index in [1.54, 1.807) is 13.1 Å². The molecule has 1 fully saturated rings. The van der Waals surface area contributed by atoms with Crippen molar-refractivity contribution < 1.29 is 23.1 Å². The molecular weight excluding hydrogens is 622 g/mol. The number of rotatable bonds is 7. The summed E-state index contributed by atoms with van der Waals surface area (Å²) in [4.78, 5) is 21.6. The number of aliphatic hydroxyl groups is 1. The zero-order valence-electron chi connectivity index (χ0n) is 20.8. The van der Waals surface area contributed by atoms with Gasteiger partial charge in [0.05, 0.1) is 29.6 Å². The number of alkyl halides is 1. The van der Waals surface area contributed by atoms with Gasteiger partial charge in [0, 0.05) is 22.5 Å². The second-order valence-corrected chi connectivity index (χ2v) is 10.0. The second kappa shape index (κ2) is 14.3. The Balaban J connectivity index is 0.00000267. The summed E-state index contributed by atoms with van der Waals surface area (Å²) in [5.41, 5.74) is 7.36. The highest BCUT2D eigenvalue weighted by molar-refractivity contribution is 9.10. The summed E-state index contributed by atoms with van der Waals surface area (Å²) in [6.45, 7) is 0.290. The maximum absolute atomic E-state index is 15.1. The van der Waals surface area contributed by atoms with Crippen molar-refractivity contribution in [2.75, 3.05) is 19.3 Å². The molecule has 0 saturated heterocycles. The molecule has 13 heteroatoms.